The van der Waals surface area contributed by atoms with Crippen LogP contribution in [0.15, 0.2) is 364 Å². The number of hydrogen-bond acceptors (Lipinski definition) is 10. The van der Waals surface area contributed by atoms with Gasteiger partial charge in [0.2, 0.25) is 5.91 Å². The van der Waals surface area contributed by atoms with E-state index in [2.05, 4.69) is 398 Å². The number of ether oxygens (including phenoxy) is 1. The summed E-state index contributed by atoms with van der Waals surface area (Å²) in [6.45, 7) is 3.70. The van der Waals surface area contributed by atoms with Crippen LogP contribution in [-0.2, 0) is 42.9 Å². The van der Waals surface area contributed by atoms with Crippen molar-refractivity contribution in [2.75, 3.05) is 49.2 Å². The van der Waals surface area contributed by atoms with Gasteiger partial charge in [0.15, 0.2) is 0 Å². The van der Waals surface area contributed by atoms with Crippen molar-refractivity contribution in [3.8, 4) is 0 Å². The Bertz CT molecular complexity index is 4200. The number of nitrogens with zero attached hydrogens (tertiary/aromatic N) is 1. The summed E-state index contributed by atoms with van der Waals surface area (Å²) < 4.78 is 3.17. The van der Waals surface area contributed by atoms with Crippen molar-refractivity contribution in [2.45, 2.75) is 175 Å². The van der Waals surface area contributed by atoms with E-state index >= 15 is 0 Å². The summed E-state index contributed by atoms with van der Waals surface area (Å²) in [4.78, 5) is 47.1. The zero-order valence-electron chi connectivity index (χ0n) is 70.9. The van der Waals surface area contributed by atoms with Gasteiger partial charge in [-0.2, -0.15) is 0 Å². The van der Waals surface area contributed by atoms with Crippen molar-refractivity contribution < 1.29 is 29.0 Å². The highest BCUT2D eigenvalue weighted by molar-refractivity contribution is 8.01. The van der Waals surface area contributed by atoms with Crippen molar-refractivity contribution in [3.05, 3.63) is 431 Å². The smallest absolute Gasteiger partial charge is 0.313 e. The Labute approximate surface area is 759 Å². The number of nitrogens with one attached hydrogen (secondary N) is 1. The van der Waals surface area contributed by atoms with Gasteiger partial charge < -0.3 is 20.1 Å². The third-order valence-electron chi connectivity index (χ3n) is 22.7. The first-order valence-electron chi connectivity index (χ1n) is 44.3. The molecule has 0 radical (unpaired) electrons. The van der Waals surface area contributed by atoms with Gasteiger partial charge in [-0.25, -0.2) is 0 Å². The maximum Gasteiger partial charge on any atom is 0.313 e. The number of hydrogen-bond donors (Lipinski definition) is 2. The Morgan fingerprint density at radius 2 is 0.468 bits per heavy atom. The second-order valence-corrected chi connectivity index (χ2v) is 36.5. The number of carboxylic acids is 1. The molecule has 648 valence electrons. The number of amides is 1. The van der Waals surface area contributed by atoms with Crippen LogP contribution in [0, 0.1) is 0 Å². The SMILES string of the molecule is C.C.O=C(O)CCCC(=O)N(CCCCCCSC(c1ccccc1)(c1ccccc1)c1ccccc1)CCCCCCSC(c1ccccc1)(c1ccccc1)c1ccccc1.O=C1CCCC(=O)O1.c1ccc(C(SCCCCCCNCCCCCCSC(c2ccccc2)(c2ccccc2)c2ccccc2)(c2ccccc2)c2ccccc2)cc1. The Morgan fingerprint density at radius 1 is 0.274 bits per heavy atom. The summed E-state index contributed by atoms with van der Waals surface area (Å²) >= 11 is 8.21. The molecule has 124 heavy (non-hydrogen) atoms. The second kappa shape index (κ2) is 54.7. The average molecular weight is 1730 g/mol. The molecule has 1 heterocycles. The molecule has 13 rings (SSSR count). The summed E-state index contributed by atoms with van der Waals surface area (Å²) in [6.07, 6.45) is 20.6. The van der Waals surface area contributed by atoms with Crippen molar-refractivity contribution in [2.24, 2.45) is 0 Å². The van der Waals surface area contributed by atoms with Crippen LogP contribution in [-0.4, -0.2) is 83.0 Å². The maximum absolute atomic E-state index is 13.4. The van der Waals surface area contributed by atoms with Crippen LogP contribution in [0.25, 0.3) is 0 Å². The van der Waals surface area contributed by atoms with Gasteiger partial charge in [-0.15, -0.1) is 47.0 Å². The van der Waals surface area contributed by atoms with Gasteiger partial charge in [-0.1, -0.05) is 430 Å². The van der Waals surface area contributed by atoms with Crippen LogP contribution in [0.5, 0.6) is 0 Å². The molecule has 0 aliphatic carbocycles. The fourth-order valence-corrected chi connectivity index (χ4v) is 22.8. The lowest BCUT2D eigenvalue weighted by molar-refractivity contribution is -0.163. The van der Waals surface area contributed by atoms with Crippen molar-refractivity contribution in [3.63, 3.8) is 0 Å². The minimum absolute atomic E-state index is 0. The first-order valence-corrected chi connectivity index (χ1v) is 48.3. The molecule has 1 amide bonds. The molecule has 12 aromatic rings. The van der Waals surface area contributed by atoms with Crippen LogP contribution >= 0.6 is 47.0 Å². The molecule has 2 N–H and O–H groups in total. The van der Waals surface area contributed by atoms with Crippen LogP contribution in [0.2, 0.25) is 0 Å². The van der Waals surface area contributed by atoms with E-state index in [0.29, 0.717) is 32.1 Å². The van der Waals surface area contributed by atoms with E-state index in [1.807, 2.05) is 28.4 Å². The van der Waals surface area contributed by atoms with E-state index < -0.39 is 5.97 Å². The van der Waals surface area contributed by atoms with E-state index in [-0.39, 0.29) is 58.1 Å². The molecule has 0 spiro atoms. The molecule has 1 saturated heterocycles. The molecule has 1 aliphatic rings. The summed E-state index contributed by atoms with van der Waals surface area (Å²) in [5, 5.41) is 12.9. The molecule has 1 aliphatic heterocycles. The van der Waals surface area contributed by atoms with Crippen LogP contribution in [0.3, 0.4) is 0 Å². The molecule has 12 heteroatoms. The Hall–Kier alpha value is -9.92. The summed E-state index contributed by atoms with van der Waals surface area (Å²) in [5.41, 5.74) is 15.8. The predicted molar refractivity (Wildman–Crippen MR) is 530 cm³/mol. The average Bonchev–Trinajstić information content (AvgIpc) is 0.777. The molecule has 0 atom stereocenters. The number of rotatable bonds is 48. The van der Waals surface area contributed by atoms with E-state index in [1.165, 1.54) is 118 Å². The number of aliphatic carboxylic acids is 1. The topological polar surface area (TPSA) is 113 Å². The quantitative estimate of drug-likeness (QED) is 0.0165. The molecule has 0 bridgehead atoms. The first kappa shape index (κ1) is 97.9. The minimum Gasteiger partial charge on any atom is -0.481 e. The number of cyclic esters (lactones) is 2. The van der Waals surface area contributed by atoms with E-state index in [1.54, 1.807) is 0 Å². The van der Waals surface area contributed by atoms with Crippen LogP contribution in [0.4, 0.5) is 0 Å². The molecule has 12 aromatic carbocycles. The van der Waals surface area contributed by atoms with Crippen molar-refractivity contribution in [1.29, 1.82) is 0 Å². The van der Waals surface area contributed by atoms with Gasteiger partial charge in [-0.3, -0.25) is 19.2 Å². The number of carbonyl (C=O) groups is 4. The highest BCUT2D eigenvalue weighted by Crippen LogP contribution is 2.53. The van der Waals surface area contributed by atoms with Gasteiger partial charge in [0, 0.05) is 38.8 Å². The van der Waals surface area contributed by atoms with Gasteiger partial charge in [0.05, 0.1) is 19.0 Å². The fourth-order valence-electron chi connectivity index (χ4n) is 16.5. The minimum atomic E-state index is -0.846. The Balaban J connectivity index is 0.000000255. The Morgan fingerprint density at radius 3 is 0.653 bits per heavy atom. The number of benzene rings is 12. The molecule has 8 nitrogen and oxygen atoms in total. The predicted octanol–water partition coefficient (Wildman–Crippen LogP) is 28.3. The molecular formula is C112H130N2O6S4. The Kier molecular flexibility index (Phi) is 43.2. The van der Waals surface area contributed by atoms with Crippen LogP contribution in [0.1, 0.15) is 223 Å². The lowest BCUT2D eigenvalue weighted by atomic mass is 9.84. The monoisotopic (exact) mass is 1730 g/mol. The van der Waals surface area contributed by atoms with Gasteiger partial charge in [0.25, 0.3) is 0 Å². The van der Waals surface area contributed by atoms with Gasteiger partial charge >= 0.3 is 17.9 Å². The lowest BCUT2D eigenvalue weighted by Crippen LogP contribution is -2.33. The summed E-state index contributed by atoms with van der Waals surface area (Å²) in [6, 6.07) is 132. The van der Waals surface area contributed by atoms with E-state index in [9.17, 15) is 24.3 Å². The number of carboxylic acid groups (broad SMARTS) is 1. The van der Waals surface area contributed by atoms with Crippen molar-refractivity contribution >= 4 is 70.9 Å². The number of carbonyl (C=O) groups excluding carboxylic acids is 3. The fraction of sp³-hybridized carbons (Fsp3) is 0.321. The standard InChI is InChI=1S/C55H61NO3S2.C50H55NS2.C5H6O3.2CH4/c57-52(40-27-41-53(58)59)56(42-23-1-3-25-44-60-54(46-28-11-5-12-29-46,47-30-13-6-14-31-47)48-32-15-7-16-33-48)43-24-2-4-26-45-61-55(49-34-17-8-18-35-49,50-36-19-9-20-37-50)51-38-21-10-22-39-51;1(3-25-41-52-49(43-27-11-5-12-28-43,44-29-13-6-14-30-44)45-31-15-7-16-32-45)23-39-51-40-24-2-4-26-42-53-50(46-33-17-8-18-34-46,47-35-19-9-20-36-47)48-37-21-10-22-38-48;6-4-2-1-3-5(7)8-4;;/h5-22,28-39H,1-4,23-27,40-45H2,(H,58,59);5-22,27-38,51H,1-4,23-26,39-42H2;1-3H2;2*1H4. The molecule has 0 saturated carbocycles. The summed E-state index contributed by atoms with van der Waals surface area (Å²) in [7, 11) is 0. The number of thioether (sulfide) groups is 4. The largest absolute Gasteiger partial charge is 0.481 e. The first-order chi connectivity index (χ1) is 60.2. The molecule has 1 fully saturated rings. The van der Waals surface area contributed by atoms with E-state index in [4.69, 9.17) is 0 Å². The van der Waals surface area contributed by atoms with Gasteiger partial charge in [-0.05, 0) is 167 Å². The normalized spacial score (nSPS) is 12.1. The zero-order valence-corrected chi connectivity index (χ0v) is 74.2. The maximum atomic E-state index is 13.4. The highest BCUT2D eigenvalue weighted by atomic mass is 32.2. The number of esters is 2. The summed E-state index contributed by atoms with van der Waals surface area (Å²) in [5.74, 6) is 2.75. The molecular weight excluding hydrogens is 1600 g/mol. The number of unbranched alkanes of at least 4 members (excludes halogenated alkanes) is 12. The zero-order chi connectivity index (χ0) is 84.7. The van der Waals surface area contributed by atoms with E-state index in [0.717, 1.165) is 101 Å². The second-order valence-electron chi connectivity index (χ2n) is 31.2. The molecule has 0 aromatic heterocycles. The third kappa shape index (κ3) is 28.6. The van der Waals surface area contributed by atoms with Crippen LogP contribution < -0.4 is 5.32 Å². The highest BCUT2D eigenvalue weighted by Gasteiger charge is 2.41. The van der Waals surface area contributed by atoms with Crippen molar-refractivity contribution in [1.82, 2.24) is 10.2 Å². The third-order valence-corrected chi connectivity index (χ3v) is 29.2. The lowest BCUT2D eigenvalue weighted by Gasteiger charge is -2.35. The molecule has 0 unspecified atom stereocenters. The van der Waals surface area contributed by atoms with Gasteiger partial charge in [0.1, 0.15) is 0 Å².